The van der Waals surface area contributed by atoms with Gasteiger partial charge in [0.15, 0.2) is 0 Å². The van der Waals surface area contributed by atoms with E-state index >= 15 is 0 Å². The number of nitrogens with one attached hydrogen (secondary N) is 1. The first-order valence-corrected chi connectivity index (χ1v) is 7.50. The summed E-state index contributed by atoms with van der Waals surface area (Å²) in [5.41, 5.74) is 2.64. The molecule has 1 aliphatic rings. The molecule has 1 N–H and O–H groups in total. The van der Waals surface area contributed by atoms with Crippen LogP contribution in [0.4, 0.5) is 0 Å². The third kappa shape index (κ3) is 2.84. The van der Waals surface area contributed by atoms with Crippen molar-refractivity contribution in [3.63, 3.8) is 0 Å². The van der Waals surface area contributed by atoms with Crippen LogP contribution in [0.15, 0.2) is 29.2 Å². The van der Waals surface area contributed by atoms with Crippen molar-refractivity contribution >= 4 is 5.65 Å². The number of aryl methyl sites for hydroxylation is 1. The van der Waals surface area contributed by atoms with E-state index in [1.807, 2.05) is 19.1 Å². The second-order valence-corrected chi connectivity index (χ2v) is 6.06. The highest BCUT2D eigenvalue weighted by molar-refractivity contribution is 5.46. The number of hydrogen-bond acceptors (Lipinski definition) is 4. The Morgan fingerprint density at radius 2 is 2.24 bits per heavy atom. The van der Waals surface area contributed by atoms with Crippen LogP contribution in [0, 0.1) is 6.92 Å². The summed E-state index contributed by atoms with van der Waals surface area (Å²) >= 11 is 0. The molecule has 1 aliphatic heterocycles. The van der Waals surface area contributed by atoms with E-state index in [-0.39, 0.29) is 5.56 Å². The van der Waals surface area contributed by atoms with Crippen LogP contribution in [0.5, 0.6) is 0 Å². The van der Waals surface area contributed by atoms with E-state index in [0.717, 1.165) is 36.5 Å². The van der Waals surface area contributed by atoms with Crippen LogP contribution in [0.25, 0.3) is 5.65 Å². The fourth-order valence-corrected chi connectivity index (χ4v) is 2.92. The maximum Gasteiger partial charge on any atom is 0.258 e. The Morgan fingerprint density at radius 1 is 1.43 bits per heavy atom. The van der Waals surface area contributed by atoms with Gasteiger partial charge in [-0.15, -0.1) is 0 Å². The maximum absolute atomic E-state index is 12.2. The monoisotopic (exact) mass is 286 g/mol. The molecule has 0 bridgehead atoms. The minimum absolute atomic E-state index is 0.00506. The molecule has 2 atom stereocenters. The van der Waals surface area contributed by atoms with E-state index in [1.54, 1.807) is 16.7 Å². The molecule has 0 spiro atoms. The number of fused-ring (bicyclic) bond motifs is 1. The molecule has 3 heterocycles. The lowest BCUT2D eigenvalue weighted by Gasteiger charge is -2.37. The van der Waals surface area contributed by atoms with Gasteiger partial charge in [-0.1, -0.05) is 6.07 Å². The van der Waals surface area contributed by atoms with Crippen molar-refractivity contribution in [2.75, 3.05) is 13.1 Å². The van der Waals surface area contributed by atoms with E-state index in [4.69, 9.17) is 4.98 Å². The highest BCUT2D eigenvalue weighted by Crippen LogP contribution is 2.12. The highest BCUT2D eigenvalue weighted by Gasteiger charge is 2.22. The van der Waals surface area contributed by atoms with Crippen LogP contribution in [-0.2, 0) is 6.54 Å². The van der Waals surface area contributed by atoms with Gasteiger partial charge in [-0.2, -0.15) is 0 Å². The number of rotatable bonds is 2. The van der Waals surface area contributed by atoms with E-state index in [9.17, 15) is 4.79 Å². The van der Waals surface area contributed by atoms with Gasteiger partial charge in [0.1, 0.15) is 5.65 Å². The molecule has 0 saturated carbocycles. The molecular weight excluding hydrogens is 264 g/mol. The SMILES string of the molecule is Cc1cccn2c(=O)cc(CN3CC(C)NCC3C)nc12. The molecule has 0 amide bonds. The van der Waals surface area contributed by atoms with Gasteiger partial charge < -0.3 is 5.32 Å². The lowest BCUT2D eigenvalue weighted by molar-refractivity contribution is 0.137. The lowest BCUT2D eigenvalue weighted by Crippen LogP contribution is -2.53. The molecule has 112 valence electrons. The number of aromatic nitrogens is 2. The van der Waals surface area contributed by atoms with Crippen molar-refractivity contribution in [3.05, 3.63) is 46.0 Å². The predicted octanol–water partition coefficient (Wildman–Crippen LogP) is 1.19. The Balaban J connectivity index is 1.94. The van der Waals surface area contributed by atoms with Gasteiger partial charge in [-0.25, -0.2) is 4.98 Å². The zero-order valence-electron chi connectivity index (χ0n) is 12.8. The minimum atomic E-state index is -0.00506. The Bertz CT molecular complexity index is 709. The highest BCUT2D eigenvalue weighted by atomic mass is 16.1. The topological polar surface area (TPSA) is 49.6 Å². The van der Waals surface area contributed by atoms with Gasteiger partial charge in [0.05, 0.1) is 5.69 Å². The summed E-state index contributed by atoms with van der Waals surface area (Å²) in [4.78, 5) is 19.3. The maximum atomic E-state index is 12.2. The van der Waals surface area contributed by atoms with Crippen molar-refractivity contribution in [2.45, 2.75) is 39.4 Å². The molecule has 5 heteroatoms. The first kappa shape index (κ1) is 14.2. The number of pyridine rings is 1. The predicted molar refractivity (Wildman–Crippen MR) is 83.5 cm³/mol. The van der Waals surface area contributed by atoms with E-state index in [1.165, 1.54) is 0 Å². The van der Waals surface area contributed by atoms with Gasteiger partial charge >= 0.3 is 0 Å². The molecule has 5 nitrogen and oxygen atoms in total. The average molecular weight is 286 g/mol. The van der Waals surface area contributed by atoms with E-state index < -0.39 is 0 Å². The zero-order valence-corrected chi connectivity index (χ0v) is 12.8. The van der Waals surface area contributed by atoms with Crippen LogP contribution >= 0.6 is 0 Å². The second-order valence-electron chi connectivity index (χ2n) is 6.06. The third-order valence-corrected chi connectivity index (χ3v) is 4.20. The first-order chi connectivity index (χ1) is 10.0. The molecular formula is C16H22N4O. The van der Waals surface area contributed by atoms with Gasteiger partial charge in [-0.3, -0.25) is 14.1 Å². The summed E-state index contributed by atoms with van der Waals surface area (Å²) in [6.07, 6.45) is 1.77. The molecule has 3 rings (SSSR count). The smallest absolute Gasteiger partial charge is 0.258 e. The van der Waals surface area contributed by atoms with E-state index in [2.05, 4.69) is 24.1 Å². The molecule has 0 radical (unpaired) electrons. The molecule has 1 saturated heterocycles. The van der Waals surface area contributed by atoms with Crippen LogP contribution in [0.1, 0.15) is 25.1 Å². The molecule has 0 aliphatic carbocycles. The number of piperazine rings is 1. The van der Waals surface area contributed by atoms with Crippen molar-refractivity contribution < 1.29 is 0 Å². The molecule has 2 aromatic rings. The fourth-order valence-electron chi connectivity index (χ4n) is 2.92. The van der Waals surface area contributed by atoms with Crippen molar-refractivity contribution in [1.82, 2.24) is 19.6 Å². The normalized spacial score (nSPS) is 23.6. The number of hydrogen-bond donors (Lipinski definition) is 1. The standard InChI is InChI=1S/C16H22N4O/c1-11-5-4-6-20-15(21)7-14(18-16(11)20)10-19-9-12(2)17-8-13(19)3/h4-7,12-13,17H,8-10H2,1-3H3. The average Bonchev–Trinajstić information content (AvgIpc) is 2.44. The number of nitrogens with zero attached hydrogens (tertiary/aromatic N) is 3. The third-order valence-electron chi connectivity index (χ3n) is 4.20. The summed E-state index contributed by atoms with van der Waals surface area (Å²) in [6, 6.07) is 6.46. The zero-order chi connectivity index (χ0) is 15.0. The molecule has 1 fully saturated rings. The van der Waals surface area contributed by atoms with Crippen LogP contribution in [0.2, 0.25) is 0 Å². The second kappa shape index (κ2) is 5.58. The Morgan fingerprint density at radius 3 is 3.05 bits per heavy atom. The summed E-state index contributed by atoms with van der Waals surface area (Å²) in [5.74, 6) is 0. The molecule has 0 aromatic carbocycles. The summed E-state index contributed by atoms with van der Waals surface area (Å²) < 4.78 is 1.61. The van der Waals surface area contributed by atoms with Crippen LogP contribution < -0.4 is 10.9 Å². The fraction of sp³-hybridized carbons (Fsp3) is 0.500. The van der Waals surface area contributed by atoms with Crippen molar-refractivity contribution in [2.24, 2.45) is 0 Å². The van der Waals surface area contributed by atoms with Gasteiger partial charge in [0, 0.05) is 44.0 Å². The van der Waals surface area contributed by atoms with E-state index in [0.29, 0.717) is 12.1 Å². The van der Waals surface area contributed by atoms with Gasteiger partial charge in [0.25, 0.3) is 5.56 Å². The minimum Gasteiger partial charge on any atom is -0.311 e. The first-order valence-electron chi connectivity index (χ1n) is 7.50. The Hall–Kier alpha value is -1.72. The summed E-state index contributed by atoms with van der Waals surface area (Å²) in [7, 11) is 0. The van der Waals surface area contributed by atoms with Crippen LogP contribution in [-0.4, -0.2) is 39.5 Å². The largest absolute Gasteiger partial charge is 0.311 e. The Kier molecular flexibility index (Phi) is 3.78. The van der Waals surface area contributed by atoms with Gasteiger partial charge in [-0.05, 0) is 32.4 Å². The molecule has 21 heavy (non-hydrogen) atoms. The van der Waals surface area contributed by atoms with Gasteiger partial charge in [0.2, 0.25) is 0 Å². The lowest BCUT2D eigenvalue weighted by atomic mass is 10.1. The molecule has 2 unspecified atom stereocenters. The summed E-state index contributed by atoms with van der Waals surface area (Å²) in [5, 5.41) is 3.47. The Labute approximate surface area is 124 Å². The van der Waals surface area contributed by atoms with Crippen molar-refractivity contribution in [3.8, 4) is 0 Å². The molecule has 2 aromatic heterocycles. The quantitative estimate of drug-likeness (QED) is 0.901. The summed E-state index contributed by atoms with van der Waals surface area (Å²) in [6.45, 7) is 9.07. The van der Waals surface area contributed by atoms with Crippen molar-refractivity contribution in [1.29, 1.82) is 0 Å². The van der Waals surface area contributed by atoms with Crippen LogP contribution in [0.3, 0.4) is 0 Å².